The Labute approximate surface area is 126 Å². The first kappa shape index (κ1) is 22.5. The Kier molecular flexibility index (Phi) is 11.1. The summed E-state index contributed by atoms with van der Waals surface area (Å²) in [6.45, 7) is 3.73. The molecule has 0 atom stereocenters. The first-order chi connectivity index (χ1) is 9.95. The molecule has 0 bridgehead atoms. The maximum atomic E-state index is 10.6. The molecule has 1 aromatic carbocycles. The van der Waals surface area contributed by atoms with Crippen LogP contribution in [0.25, 0.3) is 0 Å². The molecule has 0 aliphatic heterocycles. The van der Waals surface area contributed by atoms with Crippen molar-refractivity contribution in [1.29, 1.82) is 0 Å². The molecule has 1 aromatic rings. The van der Waals surface area contributed by atoms with Crippen molar-refractivity contribution in [2.24, 2.45) is 0 Å². The van der Waals surface area contributed by atoms with Gasteiger partial charge in [-0.2, -0.15) is 0 Å². The molecule has 0 unspecified atom stereocenters. The highest BCUT2D eigenvalue weighted by Gasteiger charge is 2.13. The summed E-state index contributed by atoms with van der Waals surface area (Å²) in [6.07, 6.45) is 0.875. The number of carbonyl (C=O) groups is 2. The number of aromatic carboxylic acids is 2. The number of carboxylic acid groups (broad SMARTS) is 2. The fourth-order valence-electron chi connectivity index (χ4n) is 1.10. The molecule has 0 aliphatic carbocycles. The van der Waals surface area contributed by atoms with Crippen molar-refractivity contribution < 1.29 is 44.2 Å². The van der Waals surface area contributed by atoms with E-state index in [9.17, 15) is 9.59 Å². The van der Waals surface area contributed by atoms with Crippen LogP contribution >= 0.6 is 7.82 Å². The number of aliphatic hydroxyl groups is 1. The number of rotatable bonds is 3. The summed E-state index contributed by atoms with van der Waals surface area (Å²) >= 11 is 0. The van der Waals surface area contributed by atoms with E-state index in [1.807, 2.05) is 6.92 Å². The first-order valence-electron chi connectivity index (χ1n) is 5.91. The summed E-state index contributed by atoms with van der Waals surface area (Å²) in [5.41, 5.74) is 0.335. The second-order valence-electron chi connectivity index (χ2n) is 3.83. The molecule has 6 N–H and O–H groups in total. The zero-order valence-electron chi connectivity index (χ0n) is 12.0. The minimum atomic E-state index is -4.64. The fourth-order valence-corrected chi connectivity index (χ4v) is 1.10. The van der Waals surface area contributed by atoms with Crippen molar-refractivity contribution in [2.75, 3.05) is 6.61 Å². The van der Waals surface area contributed by atoms with E-state index in [1.165, 1.54) is 25.1 Å². The summed E-state index contributed by atoms with van der Waals surface area (Å²) in [7, 11) is -4.64. The average Bonchev–Trinajstić information content (AvgIpc) is 2.36. The van der Waals surface area contributed by atoms with Crippen LogP contribution in [0, 0.1) is 6.92 Å². The van der Waals surface area contributed by atoms with Crippen molar-refractivity contribution in [2.45, 2.75) is 20.3 Å². The van der Waals surface area contributed by atoms with Gasteiger partial charge in [0, 0.05) is 6.61 Å². The molecule has 0 fully saturated rings. The summed E-state index contributed by atoms with van der Waals surface area (Å²) in [5.74, 6) is -2.22. The van der Waals surface area contributed by atoms with Crippen LogP contribution in [0.4, 0.5) is 0 Å². The monoisotopic (exact) mass is 338 g/mol. The van der Waals surface area contributed by atoms with Gasteiger partial charge in [-0.05, 0) is 31.0 Å². The third kappa shape index (κ3) is 12.0. The number of aliphatic hydroxyl groups excluding tert-OH is 1. The van der Waals surface area contributed by atoms with E-state index in [2.05, 4.69) is 0 Å². The quantitative estimate of drug-likeness (QED) is 0.437. The van der Waals surface area contributed by atoms with Crippen molar-refractivity contribution in [1.82, 2.24) is 0 Å². The average molecular weight is 338 g/mol. The van der Waals surface area contributed by atoms with Gasteiger partial charge in [0.25, 0.3) is 0 Å². The van der Waals surface area contributed by atoms with Crippen LogP contribution in [-0.2, 0) is 4.57 Å². The number of carboxylic acids is 2. The number of hydrogen-bond donors (Lipinski definition) is 6. The van der Waals surface area contributed by atoms with Crippen LogP contribution < -0.4 is 0 Å². The van der Waals surface area contributed by atoms with Crippen LogP contribution in [0.2, 0.25) is 0 Å². The minimum Gasteiger partial charge on any atom is -0.478 e. The molecule has 10 heteroatoms. The smallest absolute Gasteiger partial charge is 0.466 e. The predicted molar refractivity (Wildman–Crippen MR) is 76.7 cm³/mol. The molecule has 126 valence electrons. The van der Waals surface area contributed by atoms with Gasteiger partial charge < -0.3 is 30.0 Å². The molecule has 0 radical (unpaired) electrons. The third-order valence-corrected chi connectivity index (χ3v) is 2.02. The predicted octanol–water partition coefficient (Wildman–Crippen LogP) is 0.852. The first-order valence-corrected chi connectivity index (χ1v) is 7.47. The lowest BCUT2D eigenvalue weighted by Gasteiger charge is -2.03. The van der Waals surface area contributed by atoms with Crippen LogP contribution in [0.15, 0.2) is 18.2 Å². The zero-order valence-corrected chi connectivity index (χ0v) is 12.9. The van der Waals surface area contributed by atoms with Crippen LogP contribution in [0.1, 0.15) is 39.6 Å². The number of benzene rings is 1. The molecule has 0 saturated carbocycles. The van der Waals surface area contributed by atoms with Crippen molar-refractivity contribution in [3.8, 4) is 0 Å². The lowest BCUT2D eigenvalue weighted by Crippen LogP contribution is -2.06. The van der Waals surface area contributed by atoms with E-state index in [4.69, 9.17) is 34.6 Å². The maximum Gasteiger partial charge on any atom is 0.466 e. The highest BCUT2D eigenvalue weighted by atomic mass is 31.2. The normalized spacial score (nSPS) is 9.73. The molecule has 0 amide bonds. The second-order valence-corrected chi connectivity index (χ2v) is 4.85. The van der Waals surface area contributed by atoms with Crippen molar-refractivity contribution in [3.63, 3.8) is 0 Å². The van der Waals surface area contributed by atoms with Gasteiger partial charge in [0.2, 0.25) is 0 Å². The van der Waals surface area contributed by atoms with E-state index in [1.54, 1.807) is 0 Å². The Morgan fingerprint density at radius 3 is 1.50 bits per heavy atom. The molecule has 0 heterocycles. The molecule has 22 heavy (non-hydrogen) atoms. The summed E-state index contributed by atoms with van der Waals surface area (Å²) in [6, 6.07) is 4.17. The lowest BCUT2D eigenvalue weighted by molar-refractivity contribution is 0.0696. The van der Waals surface area contributed by atoms with Gasteiger partial charge in [-0.1, -0.05) is 13.0 Å². The van der Waals surface area contributed by atoms with Gasteiger partial charge in [0.1, 0.15) is 0 Å². The van der Waals surface area contributed by atoms with E-state index in [0.29, 0.717) is 6.61 Å². The molecule has 0 aliphatic rings. The van der Waals surface area contributed by atoms with Crippen molar-refractivity contribution in [3.05, 3.63) is 34.9 Å². The van der Waals surface area contributed by atoms with E-state index in [0.717, 1.165) is 6.42 Å². The van der Waals surface area contributed by atoms with Crippen LogP contribution in [0.3, 0.4) is 0 Å². The topological polar surface area (TPSA) is 173 Å². The molecule has 0 spiro atoms. The van der Waals surface area contributed by atoms with Gasteiger partial charge in [-0.3, -0.25) is 0 Å². The Bertz CT molecular complexity index is 493. The number of hydrogen-bond acceptors (Lipinski definition) is 4. The van der Waals surface area contributed by atoms with Gasteiger partial charge in [0.15, 0.2) is 0 Å². The lowest BCUT2D eigenvalue weighted by atomic mass is 10.0. The zero-order chi connectivity index (χ0) is 17.9. The molecule has 1 rings (SSSR count). The van der Waals surface area contributed by atoms with Gasteiger partial charge in [-0.15, -0.1) is 0 Å². The summed E-state index contributed by atoms with van der Waals surface area (Å²) in [4.78, 5) is 42.8. The van der Waals surface area contributed by atoms with Gasteiger partial charge >= 0.3 is 19.8 Å². The Morgan fingerprint density at radius 2 is 1.32 bits per heavy atom. The van der Waals surface area contributed by atoms with E-state index >= 15 is 0 Å². The Hall–Kier alpha value is -1.77. The molecular formula is C12H19O9P. The summed E-state index contributed by atoms with van der Waals surface area (Å²) < 4.78 is 8.88. The van der Waals surface area contributed by atoms with Crippen LogP contribution in [-0.4, -0.2) is 48.5 Å². The Balaban J connectivity index is 0. The third-order valence-electron chi connectivity index (χ3n) is 2.02. The van der Waals surface area contributed by atoms with E-state index in [-0.39, 0.29) is 16.7 Å². The van der Waals surface area contributed by atoms with Crippen LogP contribution in [0.5, 0.6) is 0 Å². The second kappa shape index (κ2) is 10.9. The number of phosphoric acid groups is 1. The molecule has 0 saturated heterocycles. The molecular weight excluding hydrogens is 319 g/mol. The highest BCUT2D eigenvalue weighted by Crippen LogP contribution is 2.25. The maximum absolute atomic E-state index is 10.6. The SMILES string of the molecule is CCCO.Cc1c(C(=O)O)cccc1C(=O)O.O=P(O)(O)O. The largest absolute Gasteiger partial charge is 0.478 e. The summed E-state index contributed by atoms with van der Waals surface area (Å²) in [5, 5.41) is 25.2. The molecule has 0 aromatic heterocycles. The standard InChI is InChI=1S/C9H8O4.C3H8O.H3O4P/c1-5-6(8(10)11)3-2-4-7(5)9(12)13;1-2-3-4;1-5(2,3)4/h2-4H,1H3,(H,10,11)(H,12,13);4H,2-3H2,1H3;(H3,1,2,3,4). The van der Waals surface area contributed by atoms with E-state index < -0.39 is 19.8 Å². The van der Waals surface area contributed by atoms with Gasteiger partial charge in [-0.25, -0.2) is 14.2 Å². The highest BCUT2D eigenvalue weighted by molar-refractivity contribution is 7.45. The van der Waals surface area contributed by atoms with Crippen molar-refractivity contribution >= 4 is 19.8 Å². The Morgan fingerprint density at radius 1 is 1.05 bits per heavy atom. The molecule has 9 nitrogen and oxygen atoms in total. The fraction of sp³-hybridized carbons (Fsp3) is 0.333. The minimum absolute atomic E-state index is 0.0277. The van der Waals surface area contributed by atoms with Gasteiger partial charge in [0.05, 0.1) is 11.1 Å².